The van der Waals surface area contributed by atoms with Gasteiger partial charge in [-0.3, -0.25) is 0 Å². The van der Waals surface area contributed by atoms with Gasteiger partial charge in [-0.1, -0.05) is 0 Å². The van der Waals surface area contributed by atoms with E-state index in [0.29, 0.717) is 13.2 Å². The molecule has 4 atom stereocenters. The predicted octanol–water partition coefficient (Wildman–Crippen LogP) is 0.899. The fraction of sp³-hybridized carbons (Fsp3) is 1.00. The molecule has 2 rings (SSSR count). The molecule has 0 radical (unpaired) electrons. The summed E-state index contributed by atoms with van der Waals surface area (Å²) in [5, 5.41) is 0. The normalized spacial score (nSPS) is 51.5. The third-order valence-corrected chi connectivity index (χ3v) is 2.34. The van der Waals surface area contributed by atoms with Crippen molar-refractivity contribution in [2.45, 2.75) is 45.1 Å². The zero-order chi connectivity index (χ0) is 9.47. The van der Waals surface area contributed by atoms with Gasteiger partial charge in [0.2, 0.25) is 0 Å². The fourth-order valence-corrected chi connectivity index (χ4v) is 1.69. The summed E-state index contributed by atoms with van der Waals surface area (Å²) in [7, 11) is 0. The second-order valence-electron chi connectivity index (χ2n) is 3.74. The molecule has 0 N–H and O–H groups in total. The summed E-state index contributed by atoms with van der Waals surface area (Å²) >= 11 is 0. The van der Waals surface area contributed by atoms with E-state index < -0.39 is 5.97 Å². The first-order valence-corrected chi connectivity index (χ1v) is 4.73. The first-order valence-electron chi connectivity index (χ1n) is 4.73. The number of hydrogen-bond donors (Lipinski definition) is 0. The molecule has 1 spiro atoms. The van der Waals surface area contributed by atoms with Crippen LogP contribution in [0.15, 0.2) is 0 Å². The van der Waals surface area contributed by atoms with E-state index in [-0.39, 0.29) is 18.3 Å². The Morgan fingerprint density at radius 2 is 1.62 bits per heavy atom. The van der Waals surface area contributed by atoms with Crippen LogP contribution in [-0.4, -0.2) is 37.5 Å². The van der Waals surface area contributed by atoms with E-state index >= 15 is 0 Å². The molecule has 0 bridgehead atoms. The first-order chi connectivity index (χ1) is 6.12. The van der Waals surface area contributed by atoms with Crippen LogP contribution in [-0.2, 0) is 18.9 Å². The van der Waals surface area contributed by atoms with Crippen LogP contribution in [0, 0.1) is 0 Å². The van der Waals surface area contributed by atoms with Crippen molar-refractivity contribution in [3.8, 4) is 0 Å². The number of rotatable bonds is 0. The van der Waals surface area contributed by atoms with Gasteiger partial charge in [-0.25, -0.2) is 0 Å². The molecule has 2 aliphatic heterocycles. The van der Waals surface area contributed by atoms with Gasteiger partial charge in [-0.2, -0.15) is 0 Å². The van der Waals surface area contributed by atoms with Crippen molar-refractivity contribution in [2.75, 3.05) is 13.2 Å². The van der Waals surface area contributed by atoms with E-state index in [1.54, 1.807) is 0 Å². The minimum absolute atomic E-state index is 0.0828. The molecule has 0 aromatic rings. The third kappa shape index (κ3) is 1.59. The highest BCUT2D eigenvalue weighted by atomic mass is 16.9. The monoisotopic (exact) mass is 188 g/mol. The molecule has 0 aliphatic carbocycles. The van der Waals surface area contributed by atoms with Crippen molar-refractivity contribution < 1.29 is 18.9 Å². The zero-order valence-electron chi connectivity index (χ0n) is 8.28. The van der Waals surface area contributed by atoms with Gasteiger partial charge in [0.15, 0.2) is 0 Å². The standard InChI is InChI=1S/C9H16O4/c1-6-4-10-9(8(3)12-6)11-5-7(2)13-9/h6-8H,4-5H2,1-3H3. The van der Waals surface area contributed by atoms with Crippen LogP contribution in [0.1, 0.15) is 20.8 Å². The molecule has 2 saturated heterocycles. The Morgan fingerprint density at radius 1 is 1.00 bits per heavy atom. The van der Waals surface area contributed by atoms with E-state index in [0.717, 1.165) is 0 Å². The van der Waals surface area contributed by atoms with E-state index in [4.69, 9.17) is 18.9 Å². The Morgan fingerprint density at radius 3 is 2.15 bits per heavy atom. The highest BCUT2D eigenvalue weighted by molar-refractivity contribution is 4.79. The van der Waals surface area contributed by atoms with Crippen molar-refractivity contribution >= 4 is 0 Å². The van der Waals surface area contributed by atoms with Crippen molar-refractivity contribution in [1.29, 1.82) is 0 Å². The molecule has 4 nitrogen and oxygen atoms in total. The second kappa shape index (κ2) is 3.20. The van der Waals surface area contributed by atoms with Gasteiger partial charge in [-0.05, 0) is 20.8 Å². The van der Waals surface area contributed by atoms with Gasteiger partial charge in [0.1, 0.15) is 6.10 Å². The molecule has 2 aliphatic rings. The summed E-state index contributed by atoms with van der Waals surface area (Å²) in [4.78, 5) is 0. The summed E-state index contributed by atoms with van der Waals surface area (Å²) in [5.41, 5.74) is 0. The lowest BCUT2D eigenvalue weighted by atomic mass is 10.2. The van der Waals surface area contributed by atoms with Gasteiger partial charge in [0.25, 0.3) is 0 Å². The Kier molecular flexibility index (Phi) is 2.32. The summed E-state index contributed by atoms with van der Waals surface area (Å²) in [6.45, 7) is 6.94. The summed E-state index contributed by atoms with van der Waals surface area (Å²) in [6.07, 6.45) is 0.0318. The van der Waals surface area contributed by atoms with Crippen LogP contribution in [0.4, 0.5) is 0 Å². The van der Waals surface area contributed by atoms with Crippen molar-refractivity contribution in [3.63, 3.8) is 0 Å². The van der Waals surface area contributed by atoms with Crippen LogP contribution in [0.25, 0.3) is 0 Å². The Hall–Kier alpha value is -0.160. The lowest BCUT2D eigenvalue weighted by Gasteiger charge is -2.39. The zero-order valence-corrected chi connectivity index (χ0v) is 8.28. The Bertz CT molecular complexity index is 196. The molecule has 0 aromatic heterocycles. The third-order valence-electron chi connectivity index (χ3n) is 2.34. The maximum absolute atomic E-state index is 5.60. The van der Waals surface area contributed by atoms with Crippen LogP contribution < -0.4 is 0 Å². The molecular formula is C9H16O4. The molecule has 0 aromatic carbocycles. The molecule has 0 amide bonds. The van der Waals surface area contributed by atoms with Crippen molar-refractivity contribution in [1.82, 2.24) is 0 Å². The maximum Gasteiger partial charge on any atom is 0.311 e. The van der Waals surface area contributed by atoms with E-state index in [1.807, 2.05) is 20.8 Å². The van der Waals surface area contributed by atoms with Crippen LogP contribution in [0.2, 0.25) is 0 Å². The SMILES string of the molecule is CC1COC2(OCC(C)O2)C(C)O1. The average molecular weight is 188 g/mol. The average Bonchev–Trinajstić information content (AvgIpc) is 2.43. The molecule has 2 fully saturated rings. The summed E-state index contributed by atoms with van der Waals surface area (Å²) < 4.78 is 22.2. The van der Waals surface area contributed by atoms with Gasteiger partial charge < -0.3 is 18.9 Å². The quantitative estimate of drug-likeness (QED) is 0.566. The van der Waals surface area contributed by atoms with Gasteiger partial charge in [0, 0.05) is 0 Å². The largest absolute Gasteiger partial charge is 0.365 e. The molecular weight excluding hydrogens is 172 g/mol. The van der Waals surface area contributed by atoms with Gasteiger partial charge in [-0.15, -0.1) is 0 Å². The minimum Gasteiger partial charge on any atom is -0.365 e. The molecule has 4 unspecified atom stereocenters. The topological polar surface area (TPSA) is 36.9 Å². The van der Waals surface area contributed by atoms with Gasteiger partial charge >= 0.3 is 5.97 Å². The van der Waals surface area contributed by atoms with Crippen LogP contribution in [0.3, 0.4) is 0 Å². The smallest absolute Gasteiger partial charge is 0.311 e. The minimum atomic E-state index is -0.939. The lowest BCUT2D eigenvalue weighted by Crippen LogP contribution is -2.53. The van der Waals surface area contributed by atoms with Gasteiger partial charge in [0.05, 0.1) is 25.4 Å². The Balaban J connectivity index is 2.06. The molecule has 13 heavy (non-hydrogen) atoms. The van der Waals surface area contributed by atoms with Crippen LogP contribution in [0.5, 0.6) is 0 Å². The summed E-state index contributed by atoms with van der Waals surface area (Å²) in [5.74, 6) is -0.939. The molecule has 2 heterocycles. The molecule has 76 valence electrons. The lowest BCUT2D eigenvalue weighted by molar-refractivity contribution is -0.411. The number of hydrogen-bond acceptors (Lipinski definition) is 4. The molecule has 4 heteroatoms. The predicted molar refractivity (Wildman–Crippen MR) is 45.2 cm³/mol. The summed E-state index contributed by atoms with van der Waals surface area (Å²) in [6, 6.07) is 0. The van der Waals surface area contributed by atoms with E-state index in [2.05, 4.69) is 0 Å². The molecule has 0 saturated carbocycles. The van der Waals surface area contributed by atoms with Crippen LogP contribution >= 0.6 is 0 Å². The van der Waals surface area contributed by atoms with E-state index in [9.17, 15) is 0 Å². The first kappa shape index (κ1) is 9.40. The Labute approximate surface area is 78.1 Å². The second-order valence-corrected chi connectivity index (χ2v) is 3.74. The highest BCUT2D eigenvalue weighted by Gasteiger charge is 2.50. The van der Waals surface area contributed by atoms with Crippen molar-refractivity contribution in [3.05, 3.63) is 0 Å². The number of ether oxygens (including phenoxy) is 4. The fourth-order valence-electron chi connectivity index (χ4n) is 1.69. The van der Waals surface area contributed by atoms with E-state index in [1.165, 1.54) is 0 Å². The maximum atomic E-state index is 5.60. The van der Waals surface area contributed by atoms with Crippen molar-refractivity contribution in [2.24, 2.45) is 0 Å². The highest BCUT2D eigenvalue weighted by Crippen LogP contribution is 2.33.